The average Bonchev–Trinajstić information content (AvgIpc) is 2.84. The second-order valence-corrected chi connectivity index (χ2v) is 11.9. The number of hydrogen-bond acceptors (Lipinski definition) is 4. The number of hydrogen-bond donors (Lipinski definition) is 1. The molecule has 1 aliphatic rings. The van der Waals surface area contributed by atoms with Gasteiger partial charge in [0.1, 0.15) is 18.8 Å². The van der Waals surface area contributed by atoms with E-state index in [2.05, 4.69) is 27.2 Å². The number of fused-ring (bicyclic) bond motifs is 1. The molecule has 0 atom stereocenters. The van der Waals surface area contributed by atoms with Gasteiger partial charge in [-0.3, -0.25) is 9.69 Å². The van der Waals surface area contributed by atoms with Crippen LogP contribution in [0.2, 0.25) is 0 Å². The standard InChI is InChI=1S/C26H24F2N3O2P/c27-20-7-8-21-22(16-20)26(32)30-29-24(21)14-19-6-9-23(28)25(15-19)34(33)12-10-31(11-13-34)17-18-4-2-1-3-5-18/h1-9,15-16H,10-14,17H2,(H,30,32). The van der Waals surface area contributed by atoms with Gasteiger partial charge in [-0.15, -0.1) is 0 Å². The summed E-state index contributed by atoms with van der Waals surface area (Å²) in [6.07, 6.45) is 1.16. The number of benzene rings is 3. The van der Waals surface area contributed by atoms with Crippen LogP contribution in [0.5, 0.6) is 0 Å². The van der Waals surface area contributed by atoms with Gasteiger partial charge in [-0.2, -0.15) is 5.10 Å². The summed E-state index contributed by atoms with van der Waals surface area (Å²) in [6, 6.07) is 18.8. The molecule has 0 amide bonds. The lowest BCUT2D eigenvalue weighted by Gasteiger charge is -2.32. The molecule has 1 aliphatic heterocycles. The highest BCUT2D eigenvalue weighted by molar-refractivity contribution is 7.71. The summed E-state index contributed by atoms with van der Waals surface area (Å²) in [5.74, 6) is -0.958. The van der Waals surface area contributed by atoms with Crippen molar-refractivity contribution < 1.29 is 13.3 Å². The summed E-state index contributed by atoms with van der Waals surface area (Å²) in [7, 11) is -2.88. The van der Waals surface area contributed by atoms with Gasteiger partial charge in [0.25, 0.3) is 5.56 Å². The minimum atomic E-state index is -2.88. The zero-order valence-corrected chi connectivity index (χ0v) is 19.4. The number of nitrogens with one attached hydrogen (secondary N) is 1. The lowest BCUT2D eigenvalue weighted by molar-refractivity contribution is 0.288. The van der Waals surface area contributed by atoms with Crippen LogP contribution in [-0.2, 0) is 17.5 Å². The summed E-state index contributed by atoms with van der Waals surface area (Å²) in [4.78, 5) is 14.3. The zero-order valence-electron chi connectivity index (χ0n) is 18.5. The molecule has 4 aromatic rings. The molecule has 5 nitrogen and oxygen atoms in total. The van der Waals surface area contributed by atoms with E-state index in [1.54, 1.807) is 12.1 Å². The van der Waals surface area contributed by atoms with E-state index in [1.165, 1.54) is 29.8 Å². The van der Waals surface area contributed by atoms with Crippen LogP contribution < -0.4 is 10.9 Å². The first-order valence-electron chi connectivity index (χ1n) is 11.2. The molecular weight excluding hydrogens is 455 g/mol. The molecule has 0 saturated carbocycles. The molecule has 0 spiro atoms. The smallest absolute Gasteiger partial charge is 0.272 e. The molecule has 8 heteroatoms. The minimum Gasteiger partial charge on any atom is -0.318 e. The molecule has 0 aliphatic carbocycles. The highest BCUT2D eigenvalue weighted by atomic mass is 31.2. The molecular formula is C26H24F2N3O2P. The molecule has 3 aromatic carbocycles. The van der Waals surface area contributed by atoms with Crippen LogP contribution >= 0.6 is 7.14 Å². The van der Waals surface area contributed by atoms with Crippen molar-refractivity contribution in [3.8, 4) is 0 Å². The van der Waals surface area contributed by atoms with Crippen molar-refractivity contribution in [1.82, 2.24) is 15.1 Å². The van der Waals surface area contributed by atoms with E-state index in [0.29, 0.717) is 42.9 Å². The van der Waals surface area contributed by atoms with Gasteiger partial charge in [-0.05, 0) is 41.5 Å². The third-order valence-corrected chi connectivity index (χ3v) is 9.52. The van der Waals surface area contributed by atoms with E-state index in [0.717, 1.165) is 12.1 Å². The molecule has 1 fully saturated rings. The van der Waals surface area contributed by atoms with Crippen LogP contribution in [0, 0.1) is 11.6 Å². The van der Waals surface area contributed by atoms with E-state index in [1.807, 2.05) is 18.2 Å². The summed E-state index contributed by atoms with van der Waals surface area (Å²) < 4.78 is 42.2. The van der Waals surface area contributed by atoms with E-state index in [-0.39, 0.29) is 10.7 Å². The molecule has 5 rings (SSSR count). The molecule has 1 aromatic heterocycles. The summed E-state index contributed by atoms with van der Waals surface area (Å²) in [5, 5.41) is 7.57. The predicted molar refractivity (Wildman–Crippen MR) is 130 cm³/mol. The van der Waals surface area contributed by atoms with Crippen molar-refractivity contribution in [2.75, 3.05) is 25.4 Å². The topological polar surface area (TPSA) is 66.1 Å². The maximum atomic E-state index is 14.8. The monoisotopic (exact) mass is 479 g/mol. The van der Waals surface area contributed by atoms with Gasteiger partial charge in [-0.1, -0.05) is 36.4 Å². The molecule has 1 N–H and O–H groups in total. The fraction of sp³-hybridized carbons (Fsp3) is 0.231. The first kappa shape index (κ1) is 22.6. The Bertz CT molecular complexity index is 1440. The Balaban J connectivity index is 1.38. The van der Waals surface area contributed by atoms with Crippen LogP contribution in [0.3, 0.4) is 0 Å². The molecule has 0 bridgehead atoms. The maximum absolute atomic E-state index is 14.8. The van der Waals surface area contributed by atoms with Gasteiger partial charge < -0.3 is 4.57 Å². The Morgan fingerprint density at radius 2 is 1.68 bits per heavy atom. The van der Waals surface area contributed by atoms with Crippen molar-refractivity contribution in [3.63, 3.8) is 0 Å². The highest BCUT2D eigenvalue weighted by Gasteiger charge is 2.33. The Morgan fingerprint density at radius 3 is 2.44 bits per heavy atom. The van der Waals surface area contributed by atoms with Crippen molar-refractivity contribution in [2.45, 2.75) is 13.0 Å². The predicted octanol–water partition coefficient (Wildman–Crippen LogP) is 4.30. The first-order chi connectivity index (χ1) is 16.4. The second kappa shape index (κ2) is 9.24. The van der Waals surface area contributed by atoms with Gasteiger partial charge in [-0.25, -0.2) is 13.9 Å². The van der Waals surface area contributed by atoms with Crippen LogP contribution in [0.15, 0.2) is 71.5 Å². The first-order valence-corrected chi connectivity index (χ1v) is 13.3. The number of rotatable bonds is 5. The molecule has 0 unspecified atom stereocenters. The van der Waals surface area contributed by atoms with Crippen LogP contribution in [0.4, 0.5) is 8.78 Å². The number of aromatic amines is 1. The molecule has 34 heavy (non-hydrogen) atoms. The Kier molecular flexibility index (Phi) is 6.15. The fourth-order valence-electron chi connectivity index (χ4n) is 4.57. The van der Waals surface area contributed by atoms with Gasteiger partial charge in [0, 0.05) is 49.1 Å². The van der Waals surface area contributed by atoms with Crippen molar-refractivity contribution in [3.05, 3.63) is 106 Å². The Hall–Kier alpha value is -3.15. The van der Waals surface area contributed by atoms with Crippen molar-refractivity contribution in [2.24, 2.45) is 0 Å². The lowest BCUT2D eigenvalue weighted by Crippen LogP contribution is -2.37. The molecule has 1 saturated heterocycles. The molecule has 2 heterocycles. The second-order valence-electron chi connectivity index (χ2n) is 8.75. The van der Waals surface area contributed by atoms with Crippen molar-refractivity contribution >= 4 is 23.2 Å². The SMILES string of the molecule is O=c1[nH]nc(Cc2ccc(F)c(P3(=O)CCN(Cc4ccccc4)CC3)c2)c2ccc(F)cc12. The van der Waals surface area contributed by atoms with E-state index >= 15 is 0 Å². The normalized spacial score (nSPS) is 16.1. The summed E-state index contributed by atoms with van der Waals surface area (Å²) >= 11 is 0. The van der Waals surface area contributed by atoms with Crippen molar-refractivity contribution in [1.29, 1.82) is 0 Å². The molecule has 174 valence electrons. The van der Waals surface area contributed by atoms with Crippen LogP contribution in [-0.4, -0.2) is 40.5 Å². The van der Waals surface area contributed by atoms with E-state index in [4.69, 9.17) is 0 Å². The van der Waals surface area contributed by atoms with Gasteiger partial charge in [0.2, 0.25) is 0 Å². The van der Waals surface area contributed by atoms with E-state index < -0.39 is 24.3 Å². The van der Waals surface area contributed by atoms with E-state index in [9.17, 15) is 18.1 Å². The van der Waals surface area contributed by atoms with Gasteiger partial charge in [0.15, 0.2) is 0 Å². The number of aromatic nitrogens is 2. The summed E-state index contributed by atoms with van der Waals surface area (Å²) in [6.45, 7) is 2.08. The zero-order chi connectivity index (χ0) is 23.7. The summed E-state index contributed by atoms with van der Waals surface area (Å²) in [5.41, 5.74) is 2.02. The minimum absolute atomic E-state index is 0.214. The quantitative estimate of drug-likeness (QED) is 0.434. The molecule has 0 radical (unpaired) electrons. The maximum Gasteiger partial charge on any atom is 0.272 e. The lowest BCUT2D eigenvalue weighted by atomic mass is 10.0. The largest absolute Gasteiger partial charge is 0.318 e. The number of H-pyrrole nitrogens is 1. The average molecular weight is 479 g/mol. The van der Waals surface area contributed by atoms with Gasteiger partial charge >= 0.3 is 0 Å². The highest BCUT2D eigenvalue weighted by Crippen LogP contribution is 2.47. The third kappa shape index (κ3) is 4.59. The Labute approximate surface area is 195 Å². The van der Waals surface area contributed by atoms with Crippen LogP contribution in [0.25, 0.3) is 10.8 Å². The third-order valence-electron chi connectivity index (χ3n) is 6.45. The fourth-order valence-corrected chi connectivity index (χ4v) is 7.36. The van der Waals surface area contributed by atoms with Gasteiger partial charge in [0.05, 0.1) is 11.1 Å². The number of halogens is 2. The number of nitrogens with zero attached hydrogens (tertiary/aromatic N) is 2. The van der Waals surface area contributed by atoms with Crippen LogP contribution in [0.1, 0.15) is 16.8 Å². The Morgan fingerprint density at radius 1 is 0.912 bits per heavy atom.